The predicted molar refractivity (Wildman–Crippen MR) is 92.9 cm³/mol. The van der Waals surface area contributed by atoms with Gasteiger partial charge in [-0.2, -0.15) is 0 Å². The fourth-order valence-electron chi connectivity index (χ4n) is 3.70. The van der Waals surface area contributed by atoms with Gasteiger partial charge in [0.2, 0.25) is 0 Å². The second-order valence-electron chi connectivity index (χ2n) is 6.95. The number of likely N-dealkylation sites (tertiary alicyclic amines) is 1. The third-order valence-electron chi connectivity index (χ3n) is 5.19. The Labute approximate surface area is 146 Å². The molecule has 1 fully saturated rings. The van der Waals surface area contributed by atoms with Crippen LogP contribution in [0.25, 0.3) is 11.0 Å². The fraction of sp³-hybridized carbons (Fsp3) is 0.474. The van der Waals surface area contributed by atoms with Crippen LogP contribution in [0.3, 0.4) is 0 Å². The number of amides is 1. The number of methoxy groups -OCH3 is 1. The van der Waals surface area contributed by atoms with Gasteiger partial charge in [-0.25, -0.2) is 0 Å². The van der Waals surface area contributed by atoms with Crippen LogP contribution >= 0.6 is 0 Å². The summed E-state index contributed by atoms with van der Waals surface area (Å²) >= 11 is 0. The van der Waals surface area contributed by atoms with Crippen LogP contribution in [-0.2, 0) is 9.53 Å². The summed E-state index contributed by atoms with van der Waals surface area (Å²) in [5.74, 6) is -0.893. The van der Waals surface area contributed by atoms with Crippen molar-refractivity contribution in [2.75, 3.05) is 26.8 Å². The molecule has 25 heavy (non-hydrogen) atoms. The first kappa shape index (κ1) is 17.5. The van der Waals surface area contributed by atoms with E-state index in [4.69, 9.17) is 9.15 Å². The molecular formula is C19H23NO5. The van der Waals surface area contributed by atoms with E-state index in [1.807, 2.05) is 32.9 Å². The summed E-state index contributed by atoms with van der Waals surface area (Å²) in [6, 6.07) is 3.98. The number of aryl methyl sites for hydroxylation is 3. The van der Waals surface area contributed by atoms with E-state index >= 15 is 0 Å². The van der Waals surface area contributed by atoms with Crippen molar-refractivity contribution in [3.63, 3.8) is 0 Å². The lowest BCUT2D eigenvalue weighted by atomic mass is 9.88. The zero-order valence-electron chi connectivity index (χ0n) is 15.0. The number of nitrogens with zero attached hydrogens (tertiary/aromatic N) is 1. The monoisotopic (exact) mass is 345 g/mol. The maximum Gasteiger partial charge on any atom is 0.313 e. The van der Waals surface area contributed by atoms with Gasteiger partial charge in [-0.3, -0.25) is 9.59 Å². The lowest BCUT2D eigenvalue weighted by Crippen LogP contribution is -2.40. The molecule has 1 unspecified atom stereocenters. The number of carboxylic acids is 1. The molecular weight excluding hydrogens is 322 g/mol. The zero-order chi connectivity index (χ0) is 18.4. The molecule has 0 bridgehead atoms. The molecule has 6 heteroatoms. The van der Waals surface area contributed by atoms with Gasteiger partial charge in [0, 0.05) is 31.1 Å². The molecule has 134 valence electrons. The van der Waals surface area contributed by atoms with Crippen molar-refractivity contribution in [1.29, 1.82) is 0 Å². The number of furan rings is 1. The molecule has 2 heterocycles. The van der Waals surface area contributed by atoms with E-state index in [0.717, 1.165) is 27.7 Å². The molecule has 1 atom stereocenters. The van der Waals surface area contributed by atoms with Crippen LogP contribution in [0, 0.1) is 26.2 Å². The molecule has 1 aromatic carbocycles. The quantitative estimate of drug-likeness (QED) is 0.921. The molecule has 6 nitrogen and oxygen atoms in total. The largest absolute Gasteiger partial charge is 0.481 e. The number of hydrogen-bond donors (Lipinski definition) is 1. The number of ether oxygens (including phenoxy) is 1. The van der Waals surface area contributed by atoms with Gasteiger partial charge in [-0.1, -0.05) is 12.1 Å². The van der Waals surface area contributed by atoms with Gasteiger partial charge in [0.05, 0.1) is 6.61 Å². The van der Waals surface area contributed by atoms with Crippen LogP contribution in [0.1, 0.15) is 33.7 Å². The summed E-state index contributed by atoms with van der Waals surface area (Å²) in [7, 11) is 1.48. The standard InChI is InChI=1S/C19H23NO5/c1-11-5-6-12(2)15-14(11)13(3)16(25-15)17(21)20-8-7-19(9-20,10-24-4)18(22)23/h5-6H,7-10H2,1-4H3,(H,22,23). The Balaban J connectivity index is 1.96. The number of carbonyl (C=O) groups is 2. The Bertz CT molecular complexity index is 853. The first-order chi connectivity index (χ1) is 11.8. The van der Waals surface area contributed by atoms with E-state index in [9.17, 15) is 14.7 Å². The van der Waals surface area contributed by atoms with E-state index in [1.165, 1.54) is 7.11 Å². The van der Waals surface area contributed by atoms with Crippen molar-refractivity contribution < 1.29 is 23.8 Å². The van der Waals surface area contributed by atoms with E-state index in [-0.39, 0.29) is 19.1 Å². The minimum atomic E-state index is -1.05. The zero-order valence-corrected chi connectivity index (χ0v) is 15.0. The van der Waals surface area contributed by atoms with Gasteiger partial charge in [0.15, 0.2) is 5.76 Å². The molecule has 1 N–H and O–H groups in total. The van der Waals surface area contributed by atoms with Crippen LogP contribution in [0.4, 0.5) is 0 Å². The molecule has 0 saturated carbocycles. The average Bonchev–Trinajstić information content (AvgIpc) is 3.14. The molecule has 1 aromatic heterocycles. The summed E-state index contributed by atoms with van der Waals surface area (Å²) in [5.41, 5.74) is 2.52. The maximum absolute atomic E-state index is 13.0. The number of fused-ring (bicyclic) bond motifs is 1. The highest BCUT2D eigenvalue weighted by Gasteiger charge is 2.47. The third-order valence-corrected chi connectivity index (χ3v) is 5.19. The Kier molecular flexibility index (Phi) is 4.33. The third kappa shape index (κ3) is 2.70. The van der Waals surface area contributed by atoms with Gasteiger partial charge in [0.1, 0.15) is 11.0 Å². The minimum Gasteiger partial charge on any atom is -0.481 e. The van der Waals surface area contributed by atoms with Gasteiger partial charge in [-0.05, 0) is 38.3 Å². The van der Waals surface area contributed by atoms with E-state index in [2.05, 4.69) is 0 Å². The van der Waals surface area contributed by atoms with Crippen LogP contribution in [0.15, 0.2) is 16.5 Å². The van der Waals surface area contributed by atoms with Crippen molar-refractivity contribution in [2.45, 2.75) is 27.2 Å². The summed E-state index contributed by atoms with van der Waals surface area (Å²) < 4.78 is 11.0. The molecule has 2 aromatic rings. The van der Waals surface area contributed by atoms with Crippen molar-refractivity contribution >= 4 is 22.8 Å². The Morgan fingerprint density at radius 3 is 2.56 bits per heavy atom. The average molecular weight is 345 g/mol. The Morgan fingerprint density at radius 1 is 1.28 bits per heavy atom. The summed E-state index contributed by atoms with van der Waals surface area (Å²) in [6.45, 7) is 6.41. The lowest BCUT2D eigenvalue weighted by Gasteiger charge is -2.23. The first-order valence-corrected chi connectivity index (χ1v) is 8.31. The second-order valence-corrected chi connectivity index (χ2v) is 6.95. The second kappa shape index (κ2) is 6.19. The minimum absolute atomic E-state index is 0.0867. The fourth-order valence-corrected chi connectivity index (χ4v) is 3.70. The summed E-state index contributed by atoms with van der Waals surface area (Å²) in [4.78, 5) is 26.2. The molecule has 0 spiro atoms. The number of benzene rings is 1. The van der Waals surface area contributed by atoms with Gasteiger partial charge < -0.3 is 19.2 Å². The van der Waals surface area contributed by atoms with E-state index < -0.39 is 11.4 Å². The highest BCUT2D eigenvalue weighted by molar-refractivity contribution is 6.01. The summed E-state index contributed by atoms with van der Waals surface area (Å²) in [6.07, 6.45) is 0.374. The Morgan fingerprint density at radius 2 is 1.96 bits per heavy atom. The molecule has 0 radical (unpaired) electrons. The smallest absolute Gasteiger partial charge is 0.313 e. The highest BCUT2D eigenvalue weighted by atomic mass is 16.5. The van der Waals surface area contributed by atoms with Crippen LogP contribution in [-0.4, -0.2) is 48.7 Å². The highest BCUT2D eigenvalue weighted by Crippen LogP contribution is 2.35. The first-order valence-electron chi connectivity index (χ1n) is 8.31. The lowest BCUT2D eigenvalue weighted by molar-refractivity contribution is -0.151. The number of rotatable bonds is 4. The number of carbonyl (C=O) groups excluding carboxylic acids is 1. The SMILES string of the molecule is COCC1(C(=O)O)CCN(C(=O)c2oc3c(C)ccc(C)c3c2C)C1. The normalized spacial score (nSPS) is 20.4. The van der Waals surface area contributed by atoms with E-state index in [1.54, 1.807) is 4.90 Å². The van der Waals surface area contributed by atoms with Crippen molar-refractivity contribution in [3.8, 4) is 0 Å². The van der Waals surface area contributed by atoms with Gasteiger partial charge >= 0.3 is 5.97 Å². The van der Waals surface area contributed by atoms with Gasteiger partial charge in [-0.15, -0.1) is 0 Å². The van der Waals surface area contributed by atoms with Crippen LogP contribution < -0.4 is 0 Å². The predicted octanol–water partition coefficient (Wildman–Crippen LogP) is 2.92. The topological polar surface area (TPSA) is 80.0 Å². The van der Waals surface area contributed by atoms with Crippen molar-refractivity contribution in [3.05, 3.63) is 34.6 Å². The van der Waals surface area contributed by atoms with Crippen molar-refractivity contribution in [1.82, 2.24) is 4.90 Å². The number of hydrogen-bond acceptors (Lipinski definition) is 4. The molecule has 3 rings (SSSR count). The van der Waals surface area contributed by atoms with Gasteiger partial charge in [0.25, 0.3) is 5.91 Å². The Hall–Kier alpha value is -2.34. The molecule has 1 aliphatic rings. The molecule has 1 saturated heterocycles. The maximum atomic E-state index is 13.0. The van der Waals surface area contributed by atoms with Crippen LogP contribution in [0.5, 0.6) is 0 Å². The molecule has 0 aliphatic carbocycles. The summed E-state index contributed by atoms with van der Waals surface area (Å²) in [5, 5.41) is 10.5. The van der Waals surface area contributed by atoms with Crippen molar-refractivity contribution in [2.24, 2.45) is 5.41 Å². The molecule has 1 aliphatic heterocycles. The number of aliphatic carboxylic acids is 1. The number of carboxylic acid groups (broad SMARTS) is 1. The van der Waals surface area contributed by atoms with Crippen LogP contribution in [0.2, 0.25) is 0 Å². The molecule has 1 amide bonds. The van der Waals surface area contributed by atoms with E-state index in [0.29, 0.717) is 18.7 Å².